The summed E-state index contributed by atoms with van der Waals surface area (Å²) >= 11 is 0. The van der Waals surface area contributed by atoms with Crippen molar-refractivity contribution in [3.63, 3.8) is 0 Å². The summed E-state index contributed by atoms with van der Waals surface area (Å²) < 4.78 is 66.5. The van der Waals surface area contributed by atoms with Crippen LogP contribution in [-0.2, 0) is 10.9 Å². The first-order valence-electron chi connectivity index (χ1n) is 4.35. The van der Waals surface area contributed by atoms with Gasteiger partial charge in [0.1, 0.15) is 11.3 Å². The fourth-order valence-corrected chi connectivity index (χ4v) is 1.23. The van der Waals surface area contributed by atoms with Gasteiger partial charge in [-0.1, -0.05) is 0 Å². The van der Waals surface area contributed by atoms with Crippen LogP contribution in [-0.4, -0.2) is 23.2 Å². The second-order valence-corrected chi connectivity index (χ2v) is 3.07. The minimum atomic E-state index is -5.19. The van der Waals surface area contributed by atoms with E-state index in [-0.39, 0.29) is 6.20 Å². The van der Waals surface area contributed by atoms with E-state index in [9.17, 15) is 26.7 Å². The van der Waals surface area contributed by atoms with E-state index in [1.807, 2.05) is 0 Å². The number of methoxy groups -OCH3 is 1. The van der Waals surface area contributed by atoms with Gasteiger partial charge in [0.2, 0.25) is 0 Å². The molecule has 0 atom stereocenters. The number of aromatic hydroxyl groups is 1. The number of aromatic nitrogens is 1. The molecule has 9 heteroatoms. The van der Waals surface area contributed by atoms with Crippen molar-refractivity contribution in [2.75, 3.05) is 7.11 Å². The lowest BCUT2D eigenvalue weighted by Gasteiger charge is -2.14. The quantitative estimate of drug-likeness (QED) is 0.663. The van der Waals surface area contributed by atoms with Crippen LogP contribution in [0, 0.1) is 0 Å². The molecule has 0 radical (unpaired) electrons. The van der Waals surface area contributed by atoms with E-state index in [1.165, 1.54) is 0 Å². The summed E-state index contributed by atoms with van der Waals surface area (Å²) in [5.41, 5.74) is -4.47. The Labute approximate surface area is 97.0 Å². The number of rotatable bonds is 2. The van der Waals surface area contributed by atoms with E-state index < -0.39 is 41.1 Å². The minimum absolute atomic E-state index is 0.288. The smallest absolute Gasteiger partial charge is 0.420 e. The largest absolute Gasteiger partial charge is 0.505 e. The van der Waals surface area contributed by atoms with Gasteiger partial charge in [0.25, 0.3) is 6.43 Å². The Bertz CT molecular complexity index is 472. The summed E-state index contributed by atoms with van der Waals surface area (Å²) in [7, 11) is 0.806. The Morgan fingerprint density at radius 1 is 1.44 bits per heavy atom. The maximum atomic E-state index is 12.6. The highest BCUT2D eigenvalue weighted by Crippen LogP contribution is 2.41. The maximum Gasteiger partial charge on any atom is 0.420 e. The van der Waals surface area contributed by atoms with Crippen molar-refractivity contribution >= 4 is 5.97 Å². The number of nitrogens with zero attached hydrogens (tertiary/aromatic N) is 1. The Kier molecular flexibility index (Phi) is 3.73. The van der Waals surface area contributed by atoms with Gasteiger partial charge in [0.15, 0.2) is 5.75 Å². The van der Waals surface area contributed by atoms with Crippen LogP contribution in [0.25, 0.3) is 0 Å². The van der Waals surface area contributed by atoms with Gasteiger partial charge in [-0.15, -0.1) is 0 Å². The van der Waals surface area contributed by atoms with E-state index in [2.05, 4.69) is 9.72 Å². The van der Waals surface area contributed by atoms with Gasteiger partial charge < -0.3 is 9.84 Å². The molecule has 0 unspecified atom stereocenters. The van der Waals surface area contributed by atoms with Crippen LogP contribution in [0.4, 0.5) is 22.0 Å². The van der Waals surface area contributed by atoms with E-state index in [0.717, 1.165) is 7.11 Å². The molecule has 0 aliphatic carbocycles. The molecule has 0 bridgehead atoms. The van der Waals surface area contributed by atoms with Crippen molar-refractivity contribution in [2.45, 2.75) is 12.6 Å². The SMILES string of the molecule is COC(=O)c1cnc(C(F)F)c(O)c1C(F)(F)F. The van der Waals surface area contributed by atoms with Crippen LogP contribution in [0.1, 0.15) is 28.0 Å². The summed E-state index contributed by atoms with van der Waals surface area (Å²) in [6.07, 6.45) is -8.31. The molecule has 1 aromatic rings. The molecule has 0 aliphatic rings. The topological polar surface area (TPSA) is 59.4 Å². The molecule has 0 aliphatic heterocycles. The van der Waals surface area contributed by atoms with Crippen LogP contribution in [0.15, 0.2) is 6.20 Å². The maximum absolute atomic E-state index is 12.6. The summed E-state index contributed by atoms with van der Waals surface area (Å²) in [6, 6.07) is 0. The second-order valence-electron chi connectivity index (χ2n) is 3.07. The molecule has 1 N–H and O–H groups in total. The summed E-state index contributed by atoms with van der Waals surface area (Å²) in [5, 5.41) is 9.15. The van der Waals surface area contributed by atoms with Crippen molar-refractivity contribution < 1.29 is 36.6 Å². The molecule has 18 heavy (non-hydrogen) atoms. The van der Waals surface area contributed by atoms with Gasteiger partial charge in [-0.05, 0) is 0 Å². The molecule has 0 fully saturated rings. The Balaban J connectivity index is 3.57. The standard InChI is InChI=1S/C9H6F5NO3/c1-18-8(17)3-2-15-5(7(10)11)6(16)4(3)9(12,13)14/h2,7,16H,1H3. The predicted octanol–water partition coefficient (Wildman–Crippen LogP) is 2.53. The molecule has 0 saturated carbocycles. The van der Waals surface area contributed by atoms with Crippen LogP contribution >= 0.6 is 0 Å². The fraction of sp³-hybridized carbons (Fsp3) is 0.333. The normalized spacial score (nSPS) is 11.7. The van der Waals surface area contributed by atoms with Crippen molar-refractivity contribution in [3.05, 3.63) is 23.0 Å². The third-order valence-electron chi connectivity index (χ3n) is 1.98. The predicted molar refractivity (Wildman–Crippen MR) is 47.2 cm³/mol. The lowest BCUT2D eigenvalue weighted by atomic mass is 10.1. The number of ether oxygens (including phenoxy) is 1. The minimum Gasteiger partial charge on any atom is -0.505 e. The summed E-state index contributed by atoms with van der Waals surface area (Å²) in [5.74, 6) is -3.22. The zero-order chi connectivity index (χ0) is 14.1. The summed E-state index contributed by atoms with van der Waals surface area (Å²) in [6.45, 7) is 0. The molecular weight excluding hydrogens is 265 g/mol. The highest BCUT2D eigenvalue weighted by molar-refractivity contribution is 5.91. The van der Waals surface area contributed by atoms with E-state index in [0.29, 0.717) is 0 Å². The summed E-state index contributed by atoms with van der Waals surface area (Å²) in [4.78, 5) is 14.0. The molecule has 0 spiro atoms. The monoisotopic (exact) mass is 271 g/mol. The molecule has 0 amide bonds. The average Bonchev–Trinajstić information content (AvgIpc) is 2.25. The van der Waals surface area contributed by atoms with Gasteiger partial charge >= 0.3 is 12.1 Å². The van der Waals surface area contributed by atoms with Crippen molar-refractivity contribution in [1.29, 1.82) is 0 Å². The molecule has 1 heterocycles. The number of carbonyl (C=O) groups is 1. The molecule has 100 valence electrons. The van der Waals surface area contributed by atoms with Gasteiger partial charge in [-0.3, -0.25) is 4.98 Å². The lowest BCUT2D eigenvalue weighted by Crippen LogP contribution is -2.16. The van der Waals surface area contributed by atoms with Gasteiger partial charge in [0, 0.05) is 6.20 Å². The number of esters is 1. The zero-order valence-corrected chi connectivity index (χ0v) is 8.76. The Morgan fingerprint density at radius 2 is 2.00 bits per heavy atom. The molecule has 0 aromatic carbocycles. The molecule has 1 rings (SSSR count). The Morgan fingerprint density at radius 3 is 2.39 bits per heavy atom. The lowest BCUT2D eigenvalue weighted by molar-refractivity contribution is -0.139. The number of alkyl halides is 5. The van der Waals surface area contributed by atoms with Crippen molar-refractivity contribution in [1.82, 2.24) is 4.98 Å². The highest BCUT2D eigenvalue weighted by atomic mass is 19.4. The molecule has 1 aromatic heterocycles. The third-order valence-corrected chi connectivity index (χ3v) is 1.98. The van der Waals surface area contributed by atoms with Crippen molar-refractivity contribution in [3.8, 4) is 5.75 Å². The van der Waals surface area contributed by atoms with E-state index >= 15 is 0 Å². The first kappa shape index (κ1) is 14.1. The second kappa shape index (κ2) is 4.75. The number of hydrogen-bond donors (Lipinski definition) is 1. The molecular formula is C9H6F5NO3. The van der Waals surface area contributed by atoms with Crippen LogP contribution in [0.2, 0.25) is 0 Å². The number of pyridine rings is 1. The zero-order valence-electron chi connectivity index (χ0n) is 8.76. The first-order valence-corrected chi connectivity index (χ1v) is 4.35. The Hall–Kier alpha value is -1.93. The van der Waals surface area contributed by atoms with Gasteiger partial charge in [0.05, 0.1) is 12.7 Å². The van der Waals surface area contributed by atoms with Crippen LogP contribution < -0.4 is 0 Å². The highest BCUT2D eigenvalue weighted by Gasteiger charge is 2.41. The average molecular weight is 271 g/mol. The number of halogens is 5. The van der Waals surface area contributed by atoms with Crippen molar-refractivity contribution in [2.24, 2.45) is 0 Å². The third kappa shape index (κ3) is 2.49. The molecule has 4 nitrogen and oxygen atoms in total. The van der Waals surface area contributed by atoms with Crippen LogP contribution in [0.3, 0.4) is 0 Å². The first-order chi connectivity index (χ1) is 8.20. The molecule has 0 saturated heterocycles. The van der Waals surface area contributed by atoms with Gasteiger partial charge in [-0.25, -0.2) is 13.6 Å². The number of hydrogen-bond acceptors (Lipinski definition) is 4. The number of carbonyl (C=O) groups excluding carboxylic acids is 1. The van der Waals surface area contributed by atoms with E-state index in [4.69, 9.17) is 5.11 Å². The fourth-order valence-electron chi connectivity index (χ4n) is 1.23. The van der Waals surface area contributed by atoms with E-state index in [1.54, 1.807) is 0 Å². The van der Waals surface area contributed by atoms with Crippen LogP contribution in [0.5, 0.6) is 5.75 Å². The van der Waals surface area contributed by atoms with Gasteiger partial charge in [-0.2, -0.15) is 13.2 Å².